The largest absolute Gasteiger partial charge is 0.483 e. The summed E-state index contributed by atoms with van der Waals surface area (Å²) < 4.78 is 5.89. The highest BCUT2D eigenvalue weighted by Crippen LogP contribution is 2.68. The number of fused-ring (bicyclic) bond motifs is 3. The van der Waals surface area contributed by atoms with Gasteiger partial charge in [-0.2, -0.15) is 0 Å². The number of aliphatic hydroxyl groups is 2. The van der Waals surface area contributed by atoms with Crippen LogP contribution in [0.4, 0.5) is 0 Å². The molecule has 9 heteroatoms. The molecule has 0 aromatic heterocycles. The highest BCUT2D eigenvalue weighted by atomic mass is 16.5. The highest BCUT2D eigenvalue weighted by Gasteiger charge is 2.81. The molecule has 1 saturated heterocycles. The molecule has 1 heterocycles. The molecule has 2 saturated carbocycles. The summed E-state index contributed by atoms with van der Waals surface area (Å²) in [6.07, 6.45) is -0.766. The van der Waals surface area contributed by atoms with E-state index in [1.807, 2.05) is 6.92 Å². The molecule has 5 unspecified atom stereocenters. The number of nitrogens with two attached hydrogens (primary N) is 2. The van der Waals surface area contributed by atoms with Crippen LogP contribution in [0, 0.1) is 10.8 Å². The third-order valence-electron chi connectivity index (χ3n) is 7.92. The second-order valence-corrected chi connectivity index (χ2v) is 9.10. The maximum Gasteiger partial charge on any atom is 0.290 e. The molecule has 156 valence electrons. The number of rotatable bonds is 0. The van der Waals surface area contributed by atoms with Gasteiger partial charge in [0, 0.05) is 18.3 Å². The summed E-state index contributed by atoms with van der Waals surface area (Å²) >= 11 is 0. The predicted octanol–water partition coefficient (Wildman–Crippen LogP) is -1.12. The standard InChI is InChI=1S/C18H26N2O5.CH2O2/c1-9-4-10(21)13(24)15(3)17(9,19)6-11(22)16-7-14(2,25-8-16)5-12(23)18(15,16)20;2-1-3/h4,12-13,23-24H,5-8,19-20H2,1-3H3;1H,(H,2,3)/t12?,13?,14?,15?,16?,17-,18+;/m1./s1. The quantitative estimate of drug-likeness (QED) is 0.318. The molecule has 0 aromatic carbocycles. The maximum absolute atomic E-state index is 13.3. The van der Waals surface area contributed by atoms with Gasteiger partial charge < -0.3 is 31.5 Å². The van der Waals surface area contributed by atoms with E-state index in [0.717, 1.165) is 0 Å². The first-order valence-electron chi connectivity index (χ1n) is 9.21. The summed E-state index contributed by atoms with van der Waals surface area (Å²) in [6, 6.07) is 0. The van der Waals surface area contributed by atoms with E-state index in [4.69, 9.17) is 26.1 Å². The Hall–Kier alpha value is -1.65. The second-order valence-electron chi connectivity index (χ2n) is 9.10. The Bertz CT molecular complexity index is 784. The molecule has 4 rings (SSSR count). The molecular formula is C19H28N2O7. The molecule has 1 spiro atoms. The Morgan fingerprint density at radius 3 is 2.39 bits per heavy atom. The summed E-state index contributed by atoms with van der Waals surface area (Å²) in [5, 5.41) is 28.9. The minimum atomic E-state index is -1.56. The van der Waals surface area contributed by atoms with Crippen molar-refractivity contribution in [2.75, 3.05) is 6.61 Å². The van der Waals surface area contributed by atoms with Crippen molar-refractivity contribution in [2.24, 2.45) is 22.3 Å². The third kappa shape index (κ3) is 2.06. The van der Waals surface area contributed by atoms with Gasteiger partial charge in [-0.05, 0) is 31.9 Å². The lowest BCUT2D eigenvalue weighted by Gasteiger charge is -2.69. The van der Waals surface area contributed by atoms with E-state index >= 15 is 0 Å². The minimum absolute atomic E-state index is 0.0404. The fourth-order valence-corrected chi connectivity index (χ4v) is 6.28. The molecule has 4 aliphatic rings. The number of hydrogen-bond donors (Lipinski definition) is 5. The van der Waals surface area contributed by atoms with Gasteiger partial charge in [0.1, 0.15) is 11.9 Å². The number of ketones is 2. The van der Waals surface area contributed by atoms with E-state index in [2.05, 4.69) is 0 Å². The summed E-state index contributed by atoms with van der Waals surface area (Å²) in [5.41, 5.74) is 7.98. The number of aliphatic hydroxyl groups excluding tert-OH is 2. The Labute approximate surface area is 162 Å². The van der Waals surface area contributed by atoms with Crippen molar-refractivity contribution in [2.45, 2.75) is 68.9 Å². The lowest BCUT2D eigenvalue weighted by atomic mass is 9.36. The van der Waals surface area contributed by atoms with Crippen LogP contribution < -0.4 is 11.5 Å². The summed E-state index contributed by atoms with van der Waals surface area (Å²) in [4.78, 5) is 34.1. The second kappa shape index (κ2) is 5.93. The Morgan fingerprint density at radius 2 is 1.82 bits per heavy atom. The molecule has 7 atom stereocenters. The molecule has 9 nitrogen and oxygen atoms in total. The third-order valence-corrected chi connectivity index (χ3v) is 7.92. The molecule has 3 aliphatic carbocycles. The first kappa shape index (κ1) is 21.1. The highest BCUT2D eigenvalue weighted by molar-refractivity contribution is 6.00. The van der Waals surface area contributed by atoms with Crippen molar-refractivity contribution in [3.63, 3.8) is 0 Å². The summed E-state index contributed by atoms with van der Waals surface area (Å²) in [7, 11) is 0. The molecule has 0 amide bonds. The molecule has 7 N–H and O–H groups in total. The van der Waals surface area contributed by atoms with Gasteiger partial charge in [-0.25, -0.2) is 0 Å². The van der Waals surface area contributed by atoms with Gasteiger partial charge in [0.15, 0.2) is 5.78 Å². The van der Waals surface area contributed by atoms with Gasteiger partial charge in [-0.3, -0.25) is 14.4 Å². The van der Waals surface area contributed by atoms with Crippen LogP contribution in [0.15, 0.2) is 11.6 Å². The van der Waals surface area contributed by atoms with Crippen LogP contribution in [-0.4, -0.2) is 68.9 Å². The SMILES string of the molecule is CC1=CC(=O)C(O)C2(C)[C@@]3(N)C(O)CC4(C)CC3(CO4)C(=O)C[C@@]12N.O=CO. The average molecular weight is 396 g/mol. The number of Topliss-reactive ketones (excluding diaryl/α,β-unsaturated/α-hetero) is 1. The van der Waals surface area contributed by atoms with Gasteiger partial charge >= 0.3 is 0 Å². The normalized spacial score (nSPS) is 52.0. The zero-order valence-electron chi connectivity index (χ0n) is 16.3. The molecule has 0 aromatic rings. The Kier molecular flexibility index (Phi) is 4.46. The van der Waals surface area contributed by atoms with E-state index in [9.17, 15) is 19.8 Å². The Morgan fingerprint density at radius 1 is 1.25 bits per heavy atom. The van der Waals surface area contributed by atoms with Crippen molar-refractivity contribution in [3.05, 3.63) is 11.6 Å². The molecule has 28 heavy (non-hydrogen) atoms. The summed E-state index contributed by atoms with van der Waals surface area (Å²) in [6.45, 7) is 5.01. The lowest BCUT2D eigenvalue weighted by molar-refractivity contribution is -0.202. The van der Waals surface area contributed by atoms with Crippen molar-refractivity contribution < 1.29 is 34.4 Å². The van der Waals surface area contributed by atoms with Crippen molar-refractivity contribution >= 4 is 18.0 Å². The first-order valence-corrected chi connectivity index (χ1v) is 9.21. The minimum Gasteiger partial charge on any atom is -0.483 e. The molecule has 3 fully saturated rings. The van der Waals surface area contributed by atoms with Crippen LogP contribution >= 0.6 is 0 Å². The zero-order valence-corrected chi connectivity index (χ0v) is 16.3. The zero-order chi connectivity index (χ0) is 21.3. The van der Waals surface area contributed by atoms with E-state index in [-0.39, 0.29) is 31.7 Å². The van der Waals surface area contributed by atoms with Crippen LogP contribution in [0.3, 0.4) is 0 Å². The number of carbonyl (C=O) groups is 3. The van der Waals surface area contributed by atoms with Crippen LogP contribution in [0.2, 0.25) is 0 Å². The molecule has 0 radical (unpaired) electrons. The van der Waals surface area contributed by atoms with Gasteiger partial charge in [-0.1, -0.05) is 6.92 Å². The van der Waals surface area contributed by atoms with Gasteiger partial charge in [0.2, 0.25) is 0 Å². The van der Waals surface area contributed by atoms with E-state index in [0.29, 0.717) is 12.0 Å². The van der Waals surface area contributed by atoms with Crippen molar-refractivity contribution in [1.29, 1.82) is 0 Å². The fourth-order valence-electron chi connectivity index (χ4n) is 6.28. The van der Waals surface area contributed by atoms with Crippen LogP contribution in [0.25, 0.3) is 0 Å². The van der Waals surface area contributed by atoms with Crippen molar-refractivity contribution in [3.8, 4) is 0 Å². The summed E-state index contributed by atoms with van der Waals surface area (Å²) in [5.74, 6) is -0.651. The van der Waals surface area contributed by atoms with Gasteiger partial charge in [0.25, 0.3) is 6.47 Å². The monoisotopic (exact) mass is 396 g/mol. The molecular weight excluding hydrogens is 368 g/mol. The van der Waals surface area contributed by atoms with Crippen LogP contribution in [0.1, 0.15) is 40.0 Å². The number of hydrogen-bond acceptors (Lipinski definition) is 8. The smallest absolute Gasteiger partial charge is 0.290 e. The lowest BCUT2D eigenvalue weighted by Crippen LogP contribution is -2.88. The average Bonchev–Trinajstić information content (AvgIpc) is 2.92. The maximum atomic E-state index is 13.3. The van der Waals surface area contributed by atoms with Gasteiger partial charge in [0.05, 0.1) is 34.8 Å². The van der Waals surface area contributed by atoms with E-state index in [1.54, 1.807) is 13.8 Å². The Balaban J connectivity index is 0.000000706. The van der Waals surface area contributed by atoms with E-state index in [1.165, 1.54) is 6.08 Å². The molecule has 1 aliphatic heterocycles. The number of ether oxygens (including phenoxy) is 1. The first-order chi connectivity index (χ1) is 12.8. The number of carboxylic acid groups (broad SMARTS) is 1. The van der Waals surface area contributed by atoms with Crippen LogP contribution in [-0.2, 0) is 19.1 Å². The number of carbonyl (C=O) groups excluding carboxylic acids is 2. The fraction of sp³-hybridized carbons (Fsp3) is 0.737. The topological polar surface area (TPSA) is 173 Å². The molecule has 2 bridgehead atoms. The van der Waals surface area contributed by atoms with Crippen molar-refractivity contribution in [1.82, 2.24) is 0 Å². The van der Waals surface area contributed by atoms with Crippen LogP contribution in [0.5, 0.6) is 0 Å². The predicted molar refractivity (Wildman–Crippen MR) is 97.1 cm³/mol. The van der Waals surface area contributed by atoms with E-state index < -0.39 is 45.5 Å². The van der Waals surface area contributed by atoms with Gasteiger partial charge in [-0.15, -0.1) is 0 Å².